The van der Waals surface area contributed by atoms with Crippen LogP contribution < -0.4 is 0 Å². The van der Waals surface area contributed by atoms with Gasteiger partial charge in [-0.3, -0.25) is 0 Å². The van der Waals surface area contributed by atoms with Crippen LogP contribution in [0.25, 0.3) is 0 Å². The fourth-order valence-corrected chi connectivity index (χ4v) is 1.66. The first-order chi connectivity index (χ1) is 7.20. The third-order valence-electron chi connectivity index (χ3n) is 2.43. The number of carbonyl (C=O) groups is 1. The third kappa shape index (κ3) is 2.91. The van der Waals surface area contributed by atoms with Gasteiger partial charge in [-0.05, 0) is 19.8 Å². The first-order valence-electron chi connectivity index (χ1n) is 5.06. The zero-order valence-corrected chi connectivity index (χ0v) is 8.68. The van der Waals surface area contributed by atoms with Crippen LogP contribution in [0.5, 0.6) is 0 Å². The van der Waals surface area contributed by atoms with Crippen LogP contribution in [0.4, 0.5) is 0 Å². The topological polar surface area (TPSA) is 79.6 Å². The molecule has 0 aromatic carbocycles. The minimum Gasteiger partial charge on any atom is -0.464 e. The van der Waals surface area contributed by atoms with Gasteiger partial charge in [0.2, 0.25) is 0 Å². The Kier molecular flexibility index (Phi) is 4.53. The normalized spacial score (nSPS) is 27.8. The van der Waals surface area contributed by atoms with Crippen molar-refractivity contribution in [3.05, 3.63) is 0 Å². The number of rotatable bonds is 3. The van der Waals surface area contributed by atoms with Gasteiger partial charge in [0.25, 0.3) is 0 Å². The second-order valence-corrected chi connectivity index (χ2v) is 3.42. The van der Waals surface area contributed by atoms with E-state index in [0.717, 1.165) is 6.42 Å². The highest BCUT2D eigenvalue weighted by molar-refractivity contribution is 5.74. The summed E-state index contributed by atoms with van der Waals surface area (Å²) in [6.45, 7) is 2.40. The predicted octanol–water partition coefficient (Wildman–Crippen LogP) is 0.229. The fourth-order valence-electron chi connectivity index (χ4n) is 1.66. The van der Waals surface area contributed by atoms with Crippen molar-refractivity contribution in [1.82, 2.24) is 0 Å². The number of hydrogen-bond acceptors (Lipinski definition) is 5. The summed E-state index contributed by atoms with van der Waals surface area (Å²) >= 11 is 0. The zero-order chi connectivity index (χ0) is 11.3. The van der Waals surface area contributed by atoms with Crippen LogP contribution in [-0.4, -0.2) is 36.5 Å². The van der Waals surface area contributed by atoms with Crippen LogP contribution in [0.1, 0.15) is 19.8 Å². The number of carbonyl (C=O) groups excluding carboxylic acids is 1. The van der Waals surface area contributed by atoms with E-state index < -0.39 is 24.1 Å². The standard InChI is InChI=1S/C10H15NO4/c1-2-14-10(13)9(12)7-4-3-5-15-8(7)6-11/h7-9,12H,2-5H2,1H3. The van der Waals surface area contributed by atoms with Crippen molar-refractivity contribution in [2.75, 3.05) is 13.2 Å². The monoisotopic (exact) mass is 213 g/mol. The number of ether oxygens (including phenoxy) is 2. The highest BCUT2D eigenvalue weighted by Crippen LogP contribution is 2.24. The van der Waals surface area contributed by atoms with Gasteiger partial charge in [0.1, 0.15) is 6.10 Å². The molecule has 0 aliphatic carbocycles. The molecule has 1 saturated heterocycles. The van der Waals surface area contributed by atoms with Crippen molar-refractivity contribution >= 4 is 5.97 Å². The van der Waals surface area contributed by atoms with Gasteiger partial charge in [0.05, 0.1) is 12.7 Å². The van der Waals surface area contributed by atoms with Crippen molar-refractivity contribution in [2.45, 2.75) is 32.0 Å². The Bertz CT molecular complexity index is 261. The van der Waals surface area contributed by atoms with E-state index in [1.807, 2.05) is 6.07 Å². The first-order valence-corrected chi connectivity index (χ1v) is 5.06. The van der Waals surface area contributed by atoms with Crippen LogP contribution in [0.15, 0.2) is 0 Å². The average molecular weight is 213 g/mol. The molecule has 1 aliphatic rings. The van der Waals surface area contributed by atoms with Crippen LogP contribution in [0.2, 0.25) is 0 Å². The molecule has 0 aromatic heterocycles. The first kappa shape index (κ1) is 12.0. The molecule has 1 aliphatic heterocycles. The summed E-state index contributed by atoms with van der Waals surface area (Å²) in [5.74, 6) is -1.14. The molecule has 0 amide bonds. The van der Waals surface area contributed by atoms with Gasteiger partial charge in [-0.25, -0.2) is 4.79 Å². The van der Waals surface area contributed by atoms with E-state index in [9.17, 15) is 9.90 Å². The Balaban J connectivity index is 2.59. The molecule has 0 bridgehead atoms. The fraction of sp³-hybridized carbons (Fsp3) is 0.800. The molecule has 3 atom stereocenters. The second kappa shape index (κ2) is 5.69. The Morgan fingerprint density at radius 2 is 2.53 bits per heavy atom. The molecule has 1 rings (SSSR count). The molecule has 1 fully saturated rings. The molecule has 1 N–H and O–H groups in total. The number of esters is 1. The number of aliphatic hydroxyl groups excluding tert-OH is 1. The van der Waals surface area contributed by atoms with Crippen molar-refractivity contribution in [1.29, 1.82) is 5.26 Å². The zero-order valence-electron chi connectivity index (χ0n) is 8.68. The van der Waals surface area contributed by atoms with Crippen LogP contribution >= 0.6 is 0 Å². The number of aliphatic hydroxyl groups is 1. The van der Waals surface area contributed by atoms with Crippen LogP contribution in [0, 0.1) is 17.2 Å². The van der Waals surface area contributed by atoms with Crippen LogP contribution in [-0.2, 0) is 14.3 Å². The predicted molar refractivity (Wildman–Crippen MR) is 50.7 cm³/mol. The van der Waals surface area contributed by atoms with Gasteiger partial charge in [-0.2, -0.15) is 5.26 Å². The molecule has 0 spiro atoms. The molecule has 3 unspecified atom stereocenters. The SMILES string of the molecule is CCOC(=O)C(O)C1CCCOC1C#N. The van der Waals surface area contributed by atoms with Gasteiger partial charge in [0.15, 0.2) is 6.10 Å². The maximum atomic E-state index is 11.3. The summed E-state index contributed by atoms with van der Waals surface area (Å²) in [5.41, 5.74) is 0. The Morgan fingerprint density at radius 1 is 1.80 bits per heavy atom. The Labute approximate surface area is 88.6 Å². The highest BCUT2D eigenvalue weighted by atomic mass is 16.5. The van der Waals surface area contributed by atoms with E-state index in [0.29, 0.717) is 13.0 Å². The Hall–Kier alpha value is -1.12. The lowest BCUT2D eigenvalue weighted by atomic mass is 9.89. The molecule has 15 heavy (non-hydrogen) atoms. The van der Waals surface area contributed by atoms with E-state index in [2.05, 4.69) is 0 Å². The number of hydrogen-bond donors (Lipinski definition) is 1. The summed E-state index contributed by atoms with van der Waals surface area (Å²) in [6, 6.07) is 1.94. The molecular formula is C10H15NO4. The minimum atomic E-state index is -1.25. The van der Waals surface area contributed by atoms with Gasteiger partial charge in [-0.15, -0.1) is 0 Å². The lowest BCUT2D eigenvalue weighted by Gasteiger charge is -2.29. The lowest BCUT2D eigenvalue weighted by molar-refractivity contribution is -0.161. The van der Waals surface area contributed by atoms with Crippen molar-refractivity contribution in [2.24, 2.45) is 5.92 Å². The largest absolute Gasteiger partial charge is 0.464 e. The molecule has 1 heterocycles. The quantitative estimate of drug-likeness (QED) is 0.679. The van der Waals surface area contributed by atoms with Crippen molar-refractivity contribution in [3.8, 4) is 6.07 Å². The van der Waals surface area contributed by atoms with E-state index >= 15 is 0 Å². The molecule has 84 valence electrons. The smallest absolute Gasteiger partial charge is 0.335 e. The second-order valence-electron chi connectivity index (χ2n) is 3.42. The van der Waals surface area contributed by atoms with Gasteiger partial charge in [-0.1, -0.05) is 0 Å². The summed E-state index contributed by atoms with van der Waals surface area (Å²) < 4.78 is 9.86. The summed E-state index contributed by atoms with van der Waals surface area (Å²) in [4.78, 5) is 11.3. The lowest BCUT2D eigenvalue weighted by Crippen LogP contribution is -2.41. The average Bonchev–Trinajstić information content (AvgIpc) is 2.28. The van der Waals surface area contributed by atoms with E-state index in [-0.39, 0.29) is 6.61 Å². The molecule has 5 heteroatoms. The van der Waals surface area contributed by atoms with Gasteiger partial charge >= 0.3 is 5.97 Å². The summed E-state index contributed by atoms with van der Waals surface area (Å²) in [7, 11) is 0. The van der Waals surface area contributed by atoms with E-state index in [1.54, 1.807) is 6.92 Å². The van der Waals surface area contributed by atoms with Gasteiger partial charge < -0.3 is 14.6 Å². The molecule has 0 radical (unpaired) electrons. The van der Waals surface area contributed by atoms with E-state index in [4.69, 9.17) is 14.7 Å². The minimum absolute atomic E-state index is 0.223. The van der Waals surface area contributed by atoms with Gasteiger partial charge in [0, 0.05) is 12.5 Å². The molecular weight excluding hydrogens is 198 g/mol. The van der Waals surface area contributed by atoms with E-state index in [1.165, 1.54) is 0 Å². The van der Waals surface area contributed by atoms with Crippen LogP contribution in [0.3, 0.4) is 0 Å². The highest BCUT2D eigenvalue weighted by Gasteiger charge is 2.36. The molecule has 5 nitrogen and oxygen atoms in total. The summed E-state index contributed by atoms with van der Waals surface area (Å²) in [6.07, 6.45) is -0.606. The molecule has 0 saturated carbocycles. The van der Waals surface area contributed by atoms with Crippen molar-refractivity contribution < 1.29 is 19.4 Å². The summed E-state index contributed by atoms with van der Waals surface area (Å²) in [5, 5.41) is 18.5. The maximum absolute atomic E-state index is 11.3. The maximum Gasteiger partial charge on any atom is 0.335 e. The number of nitriles is 1. The molecule has 0 aromatic rings. The Morgan fingerprint density at radius 3 is 3.13 bits per heavy atom. The number of nitrogens with zero attached hydrogens (tertiary/aromatic N) is 1. The van der Waals surface area contributed by atoms with Crippen molar-refractivity contribution in [3.63, 3.8) is 0 Å². The third-order valence-corrected chi connectivity index (χ3v) is 2.43.